The maximum absolute atomic E-state index is 14.2. The van der Waals surface area contributed by atoms with Crippen LogP contribution in [0.2, 0.25) is 0 Å². The van der Waals surface area contributed by atoms with Crippen molar-refractivity contribution in [3.05, 3.63) is 35.4 Å². The third-order valence-corrected chi connectivity index (χ3v) is 9.73. The Hall–Kier alpha value is -3.82. The maximum Gasteiger partial charge on any atom is 0.224 e. The molecule has 10 nitrogen and oxygen atoms in total. The van der Waals surface area contributed by atoms with E-state index in [2.05, 4.69) is 10.6 Å². The van der Waals surface area contributed by atoms with Crippen molar-refractivity contribution in [3.8, 4) is 34.5 Å². The van der Waals surface area contributed by atoms with Crippen molar-refractivity contribution in [1.82, 2.24) is 10.6 Å². The summed E-state index contributed by atoms with van der Waals surface area (Å²) >= 11 is 0. The first-order valence-electron chi connectivity index (χ1n) is 16.7. The zero-order valence-corrected chi connectivity index (χ0v) is 27.9. The Labute approximate surface area is 273 Å². The number of aromatic hydroxyl groups is 2. The first kappa shape index (κ1) is 35.0. The zero-order chi connectivity index (χ0) is 33.1. The van der Waals surface area contributed by atoms with E-state index in [9.17, 15) is 19.8 Å². The largest absolute Gasteiger partial charge is 0.502 e. The number of carbonyl (C=O) groups excluding carboxylic acids is 2. The van der Waals surface area contributed by atoms with Crippen LogP contribution in [-0.4, -0.2) is 63.6 Å². The number of methoxy groups -OCH3 is 4. The number of carbonyl (C=O) groups is 2. The molecule has 0 spiro atoms. The molecule has 2 amide bonds. The monoisotopic (exact) mass is 640 g/mol. The summed E-state index contributed by atoms with van der Waals surface area (Å²) in [5, 5.41) is 27.5. The van der Waals surface area contributed by atoms with Gasteiger partial charge in [-0.2, -0.15) is 0 Å². The van der Waals surface area contributed by atoms with Crippen LogP contribution in [0.1, 0.15) is 75.3 Å². The number of phenolic OH excluding ortho intramolecular Hbond substituents is 2. The van der Waals surface area contributed by atoms with Gasteiger partial charge in [0.1, 0.15) is 0 Å². The molecule has 0 saturated heterocycles. The molecule has 0 heterocycles. The molecule has 0 aliphatic heterocycles. The highest BCUT2D eigenvalue weighted by Crippen LogP contribution is 2.40. The number of rotatable bonds is 15. The fourth-order valence-corrected chi connectivity index (χ4v) is 7.01. The van der Waals surface area contributed by atoms with Gasteiger partial charge >= 0.3 is 0 Å². The van der Waals surface area contributed by atoms with Gasteiger partial charge in [0.05, 0.1) is 40.3 Å². The lowest BCUT2D eigenvalue weighted by Gasteiger charge is -2.29. The molecular formula is C36H52N2O8. The van der Waals surface area contributed by atoms with Crippen molar-refractivity contribution >= 4 is 11.8 Å². The van der Waals surface area contributed by atoms with Gasteiger partial charge in [-0.1, -0.05) is 38.5 Å². The highest BCUT2D eigenvalue weighted by atomic mass is 16.5. The first-order chi connectivity index (χ1) is 22.3. The van der Waals surface area contributed by atoms with Gasteiger partial charge in [0.2, 0.25) is 23.3 Å². The van der Waals surface area contributed by atoms with Gasteiger partial charge in [-0.25, -0.2) is 0 Å². The number of hydrogen-bond donors (Lipinski definition) is 4. The molecule has 2 saturated carbocycles. The van der Waals surface area contributed by atoms with Crippen LogP contribution in [0.4, 0.5) is 0 Å². The first-order valence-corrected chi connectivity index (χ1v) is 16.7. The SMILES string of the molecule is COc1cc(C[C@H](C(=O)NCC2CCCCC2)[C@@H](Cc2cc(OC)c(O)c(OC)c2)C(=O)NCC2CCCCC2)cc(OC)c1O. The van der Waals surface area contributed by atoms with Crippen molar-refractivity contribution in [3.63, 3.8) is 0 Å². The van der Waals surface area contributed by atoms with Crippen molar-refractivity contribution < 1.29 is 38.7 Å². The molecule has 2 aromatic rings. The Morgan fingerprint density at radius 2 is 0.913 bits per heavy atom. The molecule has 0 unspecified atom stereocenters. The molecule has 10 heteroatoms. The Kier molecular flexibility index (Phi) is 13.1. The van der Waals surface area contributed by atoms with Gasteiger partial charge in [0.15, 0.2) is 23.0 Å². The van der Waals surface area contributed by atoms with Gasteiger partial charge in [-0.3, -0.25) is 9.59 Å². The second kappa shape index (κ2) is 17.2. The van der Waals surface area contributed by atoms with E-state index >= 15 is 0 Å². The molecular weight excluding hydrogens is 588 g/mol. The molecule has 2 aliphatic rings. The minimum Gasteiger partial charge on any atom is -0.502 e. The standard InChI is InChI=1S/C36H52N2O8/c1-43-29-17-25(18-30(44-2)33(29)39)15-27(35(41)37-21-23-11-7-5-8-12-23)28(36(42)38-22-24-13-9-6-10-14-24)16-26-19-31(45-3)34(40)32(20-26)46-4/h17-20,23-24,27-28,39-40H,5-16,21-22H2,1-4H3,(H,37,41)(H,38,42)/t27-,28+. The van der Waals surface area contributed by atoms with Gasteiger partial charge < -0.3 is 39.8 Å². The van der Waals surface area contributed by atoms with Crippen LogP contribution >= 0.6 is 0 Å². The van der Waals surface area contributed by atoms with E-state index in [0.29, 0.717) is 36.1 Å². The molecule has 2 aromatic carbocycles. The summed E-state index contributed by atoms with van der Waals surface area (Å²) in [6.45, 7) is 1.13. The Bertz CT molecular complexity index is 1150. The van der Waals surface area contributed by atoms with Gasteiger partial charge in [0.25, 0.3) is 0 Å². The number of benzene rings is 2. The Balaban J connectivity index is 1.71. The molecule has 254 valence electrons. The van der Waals surface area contributed by atoms with Crippen LogP contribution in [0.25, 0.3) is 0 Å². The lowest BCUT2D eigenvalue weighted by molar-refractivity contribution is -0.135. The second-order valence-electron chi connectivity index (χ2n) is 12.8. The van der Waals surface area contributed by atoms with E-state index in [0.717, 1.165) is 51.4 Å². The highest BCUT2D eigenvalue weighted by Gasteiger charge is 2.36. The fourth-order valence-electron chi connectivity index (χ4n) is 7.01. The van der Waals surface area contributed by atoms with Crippen LogP contribution in [0, 0.1) is 23.7 Å². The smallest absolute Gasteiger partial charge is 0.224 e. The molecule has 2 atom stereocenters. The number of amides is 2. The van der Waals surface area contributed by atoms with Crippen molar-refractivity contribution in [2.24, 2.45) is 23.7 Å². The Morgan fingerprint density at radius 3 is 1.20 bits per heavy atom. The van der Waals surface area contributed by atoms with E-state index in [1.807, 2.05) is 0 Å². The lowest BCUT2D eigenvalue weighted by atomic mass is 9.80. The van der Waals surface area contributed by atoms with E-state index < -0.39 is 11.8 Å². The van der Waals surface area contributed by atoms with E-state index in [1.54, 1.807) is 24.3 Å². The zero-order valence-electron chi connectivity index (χ0n) is 27.9. The van der Waals surface area contributed by atoms with E-state index in [4.69, 9.17) is 18.9 Å². The quantitative estimate of drug-likeness (QED) is 0.199. The summed E-state index contributed by atoms with van der Waals surface area (Å²) in [7, 11) is 5.83. The van der Waals surface area contributed by atoms with Crippen LogP contribution in [-0.2, 0) is 22.4 Å². The third kappa shape index (κ3) is 9.13. The topological polar surface area (TPSA) is 136 Å². The lowest BCUT2D eigenvalue weighted by Crippen LogP contribution is -2.46. The predicted molar refractivity (Wildman–Crippen MR) is 176 cm³/mol. The van der Waals surface area contributed by atoms with Crippen molar-refractivity contribution in [1.29, 1.82) is 0 Å². The minimum absolute atomic E-state index is 0.128. The summed E-state index contributed by atoms with van der Waals surface area (Å²) in [6, 6.07) is 6.73. The number of hydrogen-bond acceptors (Lipinski definition) is 8. The number of ether oxygens (including phenoxy) is 4. The summed E-state index contributed by atoms with van der Waals surface area (Å²) < 4.78 is 21.6. The number of nitrogens with one attached hydrogen (secondary N) is 2. The molecule has 0 bridgehead atoms. The van der Waals surface area contributed by atoms with E-state index in [-0.39, 0.29) is 59.2 Å². The molecule has 0 aromatic heterocycles. The average Bonchev–Trinajstić information content (AvgIpc) is 3.09. The van der Waals surface area contributed by atoms with Gasteiger partial charge in [0, 0.05) is 13.1 Å². The molecule has 46 heavy (non-hydrogen) atoms. The molecule has 2 fully saturated rings. The van der Waals surface area contributed by atoms with Crippen molar-refractivity contribution in [2.45, 2.75) is 77.0 Å². The maximum atomic E-state index is 14.2. The van der Waals surface area contributed by atoms with Crippen LogP contribution in [0.3, 0.4) is 0 Å². The Morgan fingerprint density at radius 1 is 0.609 bits per heavy atom. The number of phenols is 2. The van der Waals surface area contributed by atoms with Crippen molar-refractivity contribution in [2.75, 3.05) is 41.5 Å². The molecule has 0 radical (unpaired) electrons. The predicted octanol–water partition coefficient (Wildman–Crippen LogP) is 5.54. The summed E-state index contributed by atoms with van der Waals surface area (Å²) in [4.78, 5) is 28.4. The van der Waals surface area contributed by atoms with Crippen LogP contribution < -0.4 is 29.6 Å². The fraction of sp³-hybridized carbons (Fsp3) is 0.611. The normalized spacial score (nSPS) is 17.0. The van der Waals surface area contributed by atoms with E-state index in [1.165, 1.54) is 41.3 Å². The second-order valence-corrected chi connectivity index (χ2v) is 12.8. The average molecular weight is 641 g/mol. The van der Waals surface area contributed by atoms with Gasteiger partial charge in [-0.15, -0.1) is 0 Å². The molecule has 4 rings (SSSR count). The van der Waals surface area contributed by atoms with Crippen LogP contribution in [0.5, 0.6) is 34.5 Å². The molecule has 4 N–H and O–H groups in total. The summed E-state index contributed by atoms with van der Waals surface area (Å²) in [6.07, 6.45) is 11.8. The van der Waals surface area contributed by atoms with Crippen LogP contribution in [0.15, 0.2) is 24.3 Å². The summed E-state index contributed by atoms with van der Waals surface area (Å²) in [5.74, 6) is -0.464. The summed E-state index contributed by atoms with van der Waals surface area (Å²) in [5.41, 5.74) is 1.38. The third-order valence-electron chi connectivity index (χ3n) is 9.73. The molecule has 2 aliphatic carbocycles. The minimum atomic E-state index is -0.764. The highest BCUT2D eigenvalue weighted by molar-refractivity contribution is 5.88. The van der Waals surface area contributed by atoms with Gasteiger partial charge in [-0.05, 0) is 85.8 Å².